The van der Waals surface area contributed by atoms with Crippen molar-refractivity contribution < 1.29 is 72.0 Å². The molecular weight excluding hydrogens is 1020 g/mol. The van der Waals surface area contributed by atoms with Crippen LogP contribution in [0, 0.1) is 17.8 Å². The predicted octanol–water partition coefficient (Wildman–Crippen LogP) is 8.05. The zero-order chi connectivity index (χ0) is 56.8. The van der Waals surface area contributed by atoms with Crippen molar-refractivity contribution >= 4 is 29.5 Å². The van der Waals surface area contributed by atoms with Gasteiger partial charge < -0.3 is 57.7 Å². The second-order valence-electron chi connectivity index (χ2n) is 25.3. The number of ketones is 2. The summed E-state index contributed by atoms with van der Waals surface area (Å²) in [4.78, 5) is 65.9. The van der Waals surface area contributed by atoms with Crippen molar-refractivity contribution in [3.05, 3.63) is 87.5 Å². The number of esters is 1. The molecule has 2 aromatic rings. The fourth-order valence-corrected chi connectivity index (χ4v) is 14.4. The molecule has 0 aromatic heterocycles. The fourth-order valence-electron chi connectivity index (χ4n) is 14.4. The molecule has 7 heterocycles. The Bertz CT molecular complexity index is 2920. The van der Waals surface area contributed by atoms with Crippen LogP contribution in [0.2, 0.25) is 0 Å². The fraction of sp³-hybridized carbons (Fsp3) is 0.619. The van der Waals surface area contributed by atoms with E-state index in [4.69, 9.17) is 42.6 Å². The molecule has 4 bridgehead atoms. The molecule has 12 rings (SSSR count). The summed E-state index contributed by atoms with van der Waals surface area (Å²) in [6.07, 6.45) is 9.23. The summed E-state index contributed by atoms with van der Waals surface area (Å²) >= 11 is 0. The van der Waals surface area contributed by atoms with Gasteiger partial charge in [0, 0.05) is 61.6 Å². The number of nitrogens with zero attached hydrogens (tertiary/aromatic N) is 2. The molecular formula is C63H80N2O15. The second-order valence-corrected chi connectivity index (χ2v) is 25.3. The lowest BCUT2D eigenvalue weighted by Crippen LogP contribution is -2.82. The number of hydrogen-bond acceptors (Lipinski definition) is 16. The molecule has 17 heteroatoms. The van der Waals surface area contributed by atoms with Gasteiger partial charge in [-0.15, -0.1) is 0 Å². The molecule has 0 radical (unpaired) electrons. The Kier molecular flexibility index (Phi) is 15.0. The first-order valence-electron chi connectivity index (χ1n) is 28.9. The topological polar surface area (TPSA) is 198 Å². The van der Waals surface area contributed by atoms with Gasteiger partial charge in [-0.1, -0.05) is 29.4 Å². The van der Waals surface area contributed by atoms with Crippen LogP contribution in [0.4, 0.5) is 0 Å². The van der Waals surface area contributed by atoms with Crippen LogP contribution in [0.15, 0.2) is 65.3 Å². The largest absolute Gasteiger partial charge is 0.482 e. The van der Waals surface area contributed by atoms with Gasteiger partial charge >= 0.3 is 5.97 Å². The number of morpholine rings is 1. The molecule has 7 unspecified atom stereocenters. The summed E-state index contributed by atoms with van der Waals surface area (Å²) in [6, 6.07) is 5.47. The predicted molar refractivity (Wildman–Crippen MR) is 295 cm³/mol. The van der Waals surface area contributed by atoms with E-state index in [1.165, 1.54) is 29.8 Å². The number of ether oxygens (including phenoxy) is 9. The van der Waals surface area contributed by atoms with Gasteiger partial charge in [0.05, 0.1) is 42.5 Å². The Morgan fingerprint density at radius 1 is 0.850 bits per heavy atom. The molecule has 2 aromatic carbocycles. The van der Waals surface area contributed by atoms with Gasteiger partial charge in [0.2, 0.25) is 12.2 Å². The van der Waals surface area contributed by atoms with Crippen LogP contribution >= 0.6 is 0 Å². The number of benzene rings is 2. The monoisotopic (exact) mass is 1100 g/mol. The van der Waals surface area contributed by atoms with Gasteiger partial charge in [-0.2, -0.15) is 0 Å². The summed E-state index contributed by atoms with van der Waals surface area (Å²) < 4.78 is 58.7. The molecule has 7 aliphatic heterocycles. The van der Waals surface area contributed by atoms with Crippen LogP contribution in [0.1, 0.15) is 146 Å². The molecule has 432 valence electrons. The van der Waals surface area contributed by atoms with E-state index in [9.17, 15) is 19.8 Å². The first-order valence-corrected chi connectivity index (χ1v) is 28.9. The van der Waals surface area contributed by atoms with Crippen LogP contribution in [-0.4, -0.2) is 154 Å². The maximum absolute atomic E-state index is 16.8. The molecule has 8 fully saturated rings. The van der Waals surface area contributed by atoms with Crippen molar-refractivity contribution in [3.63, 3.8) is 0 Å². The third-order valence-corrected chi connectivity index (χ3v) is 18.3. The third kappa shape index (κ3) is 9.68. The van der Waals surface area contributed by atoms with E-state index >= 15 is 9.59 Å². The van der Waals surface area contributed by atoms with E-state index in [0.717, 1.165) is 31.3 Å². The minimum Gasteiger partial charge on any atom is -0.482 e. The van der Waals surface area contributed by atoms with E-state index in [-0.39, 0.29) is 65.3 Å². The molecule has 17 nitrogen and oxygen atoms in total. The van der Waals surface area contributed by atoms with Crippen molar-refractivity contribution in [1.29, 1.82) is 0 Å². The number of Topliss-reactive ketones (excluding diaryl/α,β-unsaturated/α-hetero) is 2. The van der Waals surface area contributed by atoms with E-state index in [1.807, 2.05) is 57.7 Å². The standard InChI is InChI=1S/C63H80N2O15/c1-35(2)15-14-24-61(10)25-23-41-51(78-61)40(21-16-36(3)4)53-45(52(41)76-57(71)38-17-19-39(20-18-38)74-58-50(68)49(67)54-43(75-58)34-73-60(8,9)77-54)48(66)46-47(64-29-31-72-32-30-64)42-33-44-59(6,7)80-62(55(42)69,63(44,46)79-53)26-22-37(5)56(70)65-27-12-11-13-28-65/h15-20,22-23,25,42-44,46-47,49-50,54,58,67-68H,11-14,21,24,26-34H2,1-10H3/t42?,43-,44?,46?,47?,49-,50-,54-,58-,61?,62?,63?/m1/s1. The quantitative estimate of drug-likeness (QED) is 0.0845. The Balaban J connectivity index is 1.03. The highest BCUT2D eigenvalue weighted by Crippen LogP contribution is 2.71. The molecule has 80 heavy (non-hydrogen) atoms. The lowest BCUT2D eigenvalue weighted by atomic mass is 9.44. The van der Waals surface area contributed by atoms with E-state index in [0.29, 0.717) is 74.7 Å². The second kappa shape index (κ2) is 21.2. The number of fused-ring (bicyclic) bond motifs is 3. The number of hydrogen-bond donors (Lipinski definition) is 2. The number of aliphatic hydroxyl groups excluding tert-OH is 2. The van der Waals surface area contributed by atoms with Crippen molar-refractivity contribution in [2.45, 2.75) is 186 Å². The Morgan fingerprint density at radius 2 is 1.56 bits per heavy atom. The summed E-state index contributed by atoms with van der Waals surface area (Å²) in [6.45, 7) is 22.6. The lowest BCUT2D eigenvalue weighted by molar-refractivity contribution is -0.373. The van der Waals surface area contributed by atoms with Gasteiger partial charge in [-0.25, -0.2) is 4.79 Å². The van der Waals surface area contributed by atoms with Crippen LogP contribution in [0.25, 0.3) is 6.08 Å². The first kappa shape index (κ1) is 56.6. The number of carbonyl (C=O) groups is 4. The molecule has 10 aliphatic rings. The molecule has 2 N–H and O–H groups in total. The zero-order valence-corrected chi connectivity index (χ0v) is 48.1. The summed E-state index contributed by atoms with van der Waals surface area (Å²) in [7, 11) is 0. The van der Waals surface area contributed by atoms with Crippen molar-refractivity contribution in [3.8, 4) is 23.0 Å². The van der Waals surface area contributed by atoms with Crippen molar-refractivity contribution in [2.24, 2.45) is 17.8 Å². The van der Waals surface area contributed by atoms with Gasteiger partial charge in [0.1, 0.15) is 52.8 Å². The number of carbonyl (C=O) groups excluding carboxylic acids is 4. The molecule has 5 saturated heterocycles. The van der Waals surface area contributed by atoms with Gasteiger partial charge in [-0.05, 0) is 151 Å². The summed E-state index contributed by atoms with van der Waals surface area (Å²) in [5.41, 5.74) is -1.18. The maximum atomic E-state index is 16.8. The number of likely N-dealkylation sites (tertiary alicyclic amines) is 1. The average molecular weight is 1110 g/mol. The normalized spacial score (nSPS) is 34.7. The van der Waals surface area contributed by atoms with Crippen LogP contribution in [0.3, 0.4) is 0 Å². The highest BCUT2D eigenvalue weighted by molar-refractivity contribution is 6.11. The van der Waals surface area contributed by atoms with Crippen LogP contribution in [-0.2, 0) is 39.7 Å². The zero-order valence-electron chi connectivity index (χ0n) is 48.1. The Hall–Kier alpha value is -5.24. The first-order chi connectivity index (χ1) is 38.0. The molecule has 3 saturated carbocycles. The number of aliphatic hydroxyl groups is 2. The summed E-state index contributed by atoms with van der Waals surface area (Å²) in [5.74, 6) is -3.60. The maximum Gasteiger partial charge on any atom is 0.343 e. The Labute approximate surface area is 469 Å². The highest BCUT2D eigenvalue weighted by Gasteiger charge is 2.86. The lowest BCUT2D eigenvalue weighted by Gasteiger charge is -2.64. The molecule has 1 amide bonds. The third-order valence-electron chi connectivity index (χ3n) is 18.3. The minimum atomic E-state index is -1.69. The van der Waals surface area contributed by atoms with E-state index in [1.54, 1.807) is 20.8 Å². The molecule has 1 spiro atoms. The van der Waals surface area contributed by atoms with Gasteiger partial charge in [0.25, 0.3) is 0 Å². The van der Waals surface area contributed by atoms with Gasteiger partial charge in [-0.3, -0.25) is 19.3 Å². The van der Waals surface area contributed by atoms with Crippen molar-refractivity contribution in [1.82, 2.24) is 9.80 Å². The Morgan fingerprint density at radius 3 is 2.26 bits per heavy atom. The smallest absolute Gasteiger partial charge is 0.343 e. The van der Waals surface area contributed by atoms with Crippen molar-refractivity contribution in [2.75, 3.05) is 46.0 Å². The van der Waals surface area contributed by atoms with Gasteiger partial charge in [0.15, 0.2) is 34.3 Å². The number of rotatable bonds is 13. The van der Waals surface area contributed by atoms with Crippen LogP contribution < -0.4 is 18.9 Å². The highest BCUT2D eigenvalue weighted by atomic mass is 16.8. The average Bonchev–Trinajstić information content (AvgIpc) is 1.91. The number of piperidine rings is 1. The number of allylic oxidation sites excluding steroid dienone is 4. The molecule has 12 atom stereocenters. The van der Waals surface area contributed by atoms with E-state index in [2.05, 4.69) is 30.9 Å². The van der Waals surface area contributed by atoms with Crippen LogP contribution in [0.5, 0.6) is 23.0 Å². The SMILES string of the molecule is CC(C)=CCCC1(C)C=Cc2c(c(CC=C(C)C)c3c(c2OC(=O)c2ccc(O[C@@H]4O[C@@H]5COC(C)(C)O[C@H]5[C@H](O)[C@H]4O)cc2)C(=O)C2C(N4CCOCC4)C4CC5C(C)(C)OC(CC=C(C)C(=O)N6CCCCC6)(C4=O)C25O3)O1. The summed E-state index contributed by atoms with van der Waals surface area (Å²) in [5, 5.41) is 22.2. The minimum absolute atomic E-state index is 0.00871. The number of amides is 1. The molecule has 3 aliphatic carbocycles. The van der Waals surface area contributed by atoms with E-state index < -0.39 is 88.7 Å².